The molecule has 438 valence electrons. The van der Waals surface area contributed by atoms with Crippen LogP contribution in [0.15, 0.2) is 12.2 Å². The van der Waals surface area contributed by atoms with Gasteiger partial charge in [0.15, 0.2) is 0 Å². The molecule has 1 aliphatic carbocycles. The van der Waals surface area contributed by atoms with Crippen LogP contribution in [0.1, 0.15) is 362 Å². The zero-order valence-corrected chi connectivity index (χ0v) is 54.9. The second-order valence-electron chi connectivity index (χ2n) is 23.3. The van der Waals surface area contributed by atoms with Crippen LogP contribution in [0.5, 0.6) is 0 Å². The van der Waals surface area contributed by atoms with Gasteiger partial charge in [-0.2, -0.15) is 12.6 Å². The van der Waals surface area contributed by atoms with E-state index in [9.17, 15) is 0 Å². The molecule has 1 saturated carbocycles. The average Bonchev–Trinajstić information content (AvgIpc) is 3.38. The van der Waals surface area contributed by atoms with Gasteiger partial charge in [0.2, 0.25) is 0 Å². The first-order chi connectivity index (χ1) is 34.8. The van der Waals surface area contributed by atoms with E-state index in [2.05, 4.69) is 142 Å². The molecular weight excluding hydrogens is 887 g/mol. The summed E-state index contributed by atoms with van der Waals surface area (Å²) in [4.78, 5) is 0. The van der Waals surface area contributed by atoms with Gasteiger partial charge in [-0.3, -0.25) is 0 Å². The fourth-order valence-electron chi connectivity index (χ4n) is 10.4. The van der Waals surface area contributed by atoms with E-state index in [1.807, 2.05) is 26.0 Å². The number of thiol groups is 1. The molecule has 2 heteroatoms. The molecule has 0 aromatic rings. The third-order valence-electron chi connectivity index (χ3n) is 15.5. The van der Waals surface area contributed by atoms with E-state index in [1.165, 1.54) is 212 Å². The fourth-order valence-corrected chi connectivity index (χ4v) is 10.8. The van der Waals surface area contributed by atoms with Crippen molar-refractivity contribution in [2.24, 2.45) is 47.3 Å². The second-order valence-corrected chi connectivity index (χ2v) is 23.8. The number of terminal acetylenes is 1. The van der Waals surface area contributed by atoms with Gasteiger partial charge in [-0.25, -0.2) is 0 Å². The van der Waals surface area contributed by atoms with Crippen LogP contribution in [-0.4, -0.2) is 18.3 Å². The highest BCUT2D eigenvalue weighted by Crippen LogP contribution is 2.47. The Morgan fingerprint density at radius 3 is 1.08 bits per heavy atom. The van der Waals surface area contributed by atoms with E-state index in [1.54, 1.807) is 32.1 Å². The Hall–Kier alpha value is -0.390. The zero-order chi connectivity index (χ0) is 55.9. The van der Waals surface area contributed by atoms with Crippen LogP contribution in [0.3, 0.4) is 0 Å². The normalized spacial score (nSPS) is 17.3. The minimum atomic E-state index is 0.741. The lowest BCUT2D eigenvalue weighted by atomic mass is 9.61. The summed E-state index contributed by atoms with van der Waals surface area (Å²) in [5.74, 6) is 8.63. The molecule has 1 nitrogen and oxygen atoms in total. The van der Waals surface area contributed by atoms with E-state index in [0.29, 0.717) is 0 Å². The predicted molar refractivity (Wildman–Crippen MR) is 346 cm³/mol. The Balaban J connectivity index is -0.000000283. The summed E-state index contributed by atoms with van der Waals surface area (Å²) in [5.41, 5.74) is 0. The van der Waals surface area contributed by atoms with E-state index < -0.39 is 0 Å². The van der Waals surface area contributed by atoms with Gasteiger partial charge >= 0.3 is 0 Å². The molecule has 0 spiro atoms. The maximum atomic E-state index is 4.29. The monoisotopic (exact) mass is 1030 g/mol. The molecule has 72 heavy (non-hydrogen) atoms. The first-order valence-electron chi connectivity index (χ1n) is 33.1. The SMILES string of the molecule is C#C.C/C=C\C.CC(C)C.CCC.CCCCC.CCCCC(C)C(C)C(C)CCS.CCCCCCCCCC1CCC(CCCC)C(CCCCCCCC)C1CCCCCCCCNC(CC)CC. The van der Waals surface area contributed by atoms with Gasteiger partial charge in [-0.05, 0) is 125 Å². The van der Waals surface area contributed by atoms with Crippen LogP contribution >= 0.6 is 12.6 Å². The Morgan fingerprint density at radius 1 is 0.431 bits per heavy atom. The summed E-state index contributed by atoms with van der Waals surface area (Å²) < 4.78 is 0. The van der Waals surface area contributed by atoms with E-state index in [-0.39, 0.29) is 0 Å². The van der Waals surface area contributed by atoms with Crippen molar-refractivity contribution in [3.05, 3.63) is 12.2 Å². The third-order valence-corrected chi connectivity index (χ3v) is 15.7. The molecule has 0 aromatic heterocycles. The molecule has 7 unspecified atom stereocenters. The van der Waals surface area contributed by atoms with Gasteiger partial charge < -0.3 is 5.32 Å². The summed E-state index contributed by atoms with van der Waals surface area (Å²) in [6.45, 7) is 41.6. The summed E-state index contributed by atoms with van der Waals surface area (Å²) in [5, 5.41) is 3.76. The van der Waals surface area contributed by atoms with Crippen LogP contribution in [0.2, 0.25) is 0 Å². The van der Waals surface area contributed by atoms with Gasteiger partial charge in [0, 0.05) is 6.04 Å². The number of unbranched alkanes of at least 4 members (excludes halogenated alkanes) is 20. The number of rotatable bonds is 39. The minimum Gasteiger partial charge on any atom is -0.314 e. The van der Waals surface area contributed by atoms with Crippen LogP contribution in [0, 0.1) is 60.2 Å². The van der Waals surface area contributed by atoms with E-state index in [0.717, 1.165) is 59.1 Å². The van der Waals surface area contributed by atoms with Gasteiger partial charge in [0.1, 0.15) is 0 Å². The van der Waals surface area contributed by atoms with Gasteiger partial charge in [0.25, 0.3) is 0 Å². The predicted octanol–water partition coefficient (Wildman–Crippen LogP) is 25.3. The van der Waals surface area contributed by atoms with Crippen molar-refractivity contribution in [2.45, 2.75) is 368 Å². The number of hydrogen-bond acceptors (Lipinski definition) is 2. The van der Waals surface area contributed by atoms with Crippen molar-refractivity contribution < 1.29 is 0 Å². The van der Waals surface area contributed by atoms with Crippen molar-refractivity contribution in [1.82, 2.24) is 5.32 Å². The third kappa shape index (κ3) is 63.9. The standard InChI is InChI=1S/C40H81N.C12H26S.C5H12.C4H10.C4H8.C3H8.C2H2/c1-6-11-14-16-18-21-25-30-37-34-33-36(29-13-8-3)39(31-26-22-17-15-12-7-2)40(37)32-27-23-19-20-24-28-35-41-38(9-4)10-5;1-5-6-7-10(2)12(4)11(3)8-9-13;1-3-5-4-2;1-4(2)3;1-3-4-2;1-3-2;1-2/h36-41H,6-35H2,1-5H3;10-13H,5-9H2,1-4H3;3-5H2,1-2H3;4H,1-3H3;3-4H,1-2H3;3H2,1-2H3;1-2H/b;;;;4-3-;;. The van der Waals surface area contributed by atoms with Crippen LogP contribution in [0.25, 0.3) is 0 Å². The molecule has 1 N–H and O–H groups in total. The quantitative estimate of drug-likeness (QED) is 0.0271. The zero-order valence-electron chi connectivity index (χ0n) is 54.0. The van der Waals surface area contributed by atoms with Crippen molar-refractivity contribution in [3.8, 4) is 12.8 Å². The maximum Gasteiger partial charge on any atom is 0.00618 e. The molecule has 1 fully saturated rings. The van der Waals surface area contributed by atoms with Crippen LogP contribution in [-0.2, 0) is 0 Å². The van der Waals surface area contributed by atoms with Crippen molar-refractivity contribution in [3.63, 3.8) is 0 Å². The molecule has 0 saturated heterocycles. The molecule has 7 atom stereocenters. The van der Waals surface area contributed by atoms with E-state index >= 15 is 0 Å². The summed E-state index contributed by atoms with van der Waals surface area (Å²) in [6.07, 6.45) is 65.2. The molecule has 0 radical (unpaired) electrons. The minimum absolute atomic E-state index is 0.741. The van der Waals surface area contributed by atoms with Gasteiger partial charge in [-0.15, -0.1) is 12.8 Å². The summed E-state index contributed by atoms with van der Waals surface area (Å²) >= 11 is 4.29. The van der Waals surface area contributed by atoms with Crippen molar-refractivity contribution in [2.75, 3.05) is 12.3 Å². The highest BCUT2D eigenvalue weighted by molar-refractivity contribution is 7.80. The second kappa shape index (κ2) is 72.7. The van der Waals surface area contributed by atoms with Crippen LogP contribution in [0.4, 0.5) is 0 Å². The molecule has 1 aliphatic rings. The lowest BCUT2D eigenvalue weighted by Crippen LogP contribution is -2.35. The lowest BCUT2D eigenvalue weighted by molar-refractivity contribution is 0.0583. The molecule has 0 aliphatic heterocycles. The fraction of sp³-hybridized carbons (Fsp3) is 0.943. The Kier molecular flexibility index (Phi) is 83.7. The molecule has 0 bridgehead atoms. The smallest absolute Gasteiger partial charge is 0.00618 e. The molecule has 1 rings (SSSR count). The van der Waals surface area contributed by atoms with Gasteiger partial charge in [0.05, 0.1) is 0 Å². The number of nitrogens with one attached hydrogen (secondary N) is 1. The first kappa shape index (κ1) is 82.9. The largest absolute Gasteiger partial charge is 0.314 e. The summed E-state index contributed by atoms with van der Waals surface area (Å²) in [7, 11) is 0. The molecule has 0 heterocycles. The average molecular weight is 1040 g/mol. The topological polar surface area (TPSA) is 12.0 Å². The Labute approximate surface area is 468 Å². The van der Waals surface area contributed by atoms with Crippen molar-refractivity contribution >= 4 is 12.6 Å². The molecule has 0 aromatic carbocycles. The number of hydrogen-bond donors (Lipinski definition) is 2. The number of allylic oxidation sites excluding steroid dienone is 2. The first-order valence-corrected chi connectivity index (χ1v) is 33.7. The van der Waals surface area contributed by atoms with Crippen molar-refractivity contribution in [1.29, 1.82) is 0 Å². The highest BCUT2D eigenvalue weighted by atomic mass is 32.1. The summed E-state index contributed by atoms with van der Waals surface area (Å²) in [6, 6.07) is 0.741. The molecule has 0 amide bonds. The van der Waals surface area contributed by atoms with Gasteiger partial charge in [-0.1, -0.05) is 309 Å². The maximum absolute atomic E-state index is 4.29. The lowest BCUT2D eigenvalue weighted by Gasteiger charge is -2.44. The Bertz CT molecular complexity index is 926. The van der Waals surface area contributed by atoms with Crippen LogP contribution < -0.4 is 5.32 Å². The van der Waals surface area contributed by atoms with E-state index in [4.69, 9.17) is 0 Å². The molecular formula is C70H147NS. The Morgan fingerprint density at radius 2 is 0.750 bits per heavy atom. The highest BCUT2D eigenvalue weighted by Gasteiger charge is 2.37.